The van der Waals surface area contributed by atoms with Crippen LogP contribution in [0.2, 0.25) is 0 Å². The summed E-state index contributed by atoms with van der Waals surface area (Å²) in [5.41, 5.74) is 1.46. The molecule has 1 amide bonds. The molecule has 2 aromatic carbocycles. The second-order valence-electron chi connectivity index (χ2n) is 4.52. The van der Waals surface area contributed by atoms with Crippen LogP contribution in [-0.2, 0) is 6.54 Å². The molecule has 0 aliphatic rings. The summed E-state index contributed by atoms with van der Waals surface area (Å²) in [6.45, 7) is 0.326. The number of hydrogen-bond donors (Lipinski definition) is 1. The van der Waals surface area contributed by atoms with E-state index < -0.39 is 6.09 Å². The Labute approximate surface area is 122 Å². The number of nitrogens with zero attached hydrogens (tertiary/aromatic N) is 2. The molecule has 0 fully saturated rings. The molecule has 0 radical (unpaired) electrons. The molecular weight excluding hydrogens is 268 g/mol. The van der Waals surface area contributed by atoms with Gasteiger partial charge in [0.25, 0.3) is 0 Å². The fourth-order valence-corrected chi connectivity index (χ4v) is 1.74. The number of carbonyl (C=O) groups is 1. The Bertz CT molecular complexity index is 657. The van der Waals surface area contributed by atoms with Crippen molar-refractivity contribution in [1.29, 1.82) is 5.26 Å². The number of amides is 1. The lowest BCUT2D eigenvalue weighted by Gasteiger charge is -2.13. The standard InChI is InChI=1S/C16H14N2O3/c1-18(16(19)20)11-13-4-8-15(9-5-13)21-14-6-2-12(10-17)3-7-14/h2-9H,11H2,1H3,(H,19,20). The van der Waals surface area contributed by atoms with Crippen molar-refractivity contribution in [1.82, 2.24) is 4.90 Å². The third kappa shape index (κ3) is 3.98. The van der Waals surface area contributed by atoms with Gasteiger partial charge in [-0.25, -0.2) is 4.79 Å². The maximum atomic E-state index is 10.7. The van der Waals surface area contributed by atoms with Gasteiger partial charge in [-0.2, -0.15) is 5.26 Å². The molecule has 0 spiro atoms. The summed E-state index contributed by atoms with van der Waals surface area (Å²) in [5, 5.41) is 17.5. The summed E-state index contributed by atoms with van der Waals surface area (Å²) in [6, 6.07) is 16.1. The van der Waals surface area contributed by atoms with Crippen LogP contribution in [0.4, 0.5) is 4.79 Å². The Kier molecular flexibility index (Phi) is 4.42. The van der Waals surface area contributed by atoms with E-state index in [-0.39, 0.29) is 0 Å². The van der Waals surface area contributed by atoms with Crippen molar-refractivity contribution in [2.75, 3.05) is 7.05 Å². The summed E-state index contributed by atoms with van der Waals surface area (Å²) in [5.74, 6) is 1.30. The maximum Gasteiger partial charge on any atom is 0.407 e. The topological polar surface area (TPSA) is 73.6 Å². The lowest BCUT2D eigenvalue weighted by atomic mass is 10.2. The van der Waals surface area contributed by atoms with Crippen LogP contribution in [0.25, 0.3) is 0 Å². The van der Waals surface area contributed by atoms with Gasteiger partial charge in [-0.1, -0.05) is 12.1 Å². The van der Waals surface area contributed by atoms with Crippen molar-refractivity contribution in [3.8, 4) is 17.6 Å². The minimum atomic E-state index is -0.965. The minimum Gasteiger partial charge on any atom is -0.465 e. The van der Waals surface area contributed by atoms with Crippen LogP contribution in [0.15, 0.2) is 48.5 Å². The van der Waals surface area contributed by atoms with Crippen LogP contribution in [0.5, 0.6) is 11.5 Å². The third-order valence-electron chi connectivity index (χ3n) is 2.89. The highest BCUT2D eigenvalue weighted by Crippen LogP contribution is 2.22. The Morgan fingerprint density at radius 3 is 2.14 bits per heavy atom. The van der Waals surface area contributed by atoms with Gasteiger partial charge < -0.3 is 14.7 Å². The van der Waals surface area contributed by atoms with Crippen molar-refractivity contribution in [3.05, 3.63) is 59.7 Å². The van der Waals surface area contributed by atoms with E-state index >= 15 is 0 Å². The van der Waals surface area contributed by atoms with Crippen LogP contribution >= 0.6 is 0 Å². The summed E-state index contributed by atoms with van der Waals surface area (Å²) >= 11 is 0. The van der Waals surface area contributed by atoms with Gasteiger partial charge in [0.05, 0.1) is 11.6 Å². The molecule has 0 bridgehead atoms. The molecule has 21 heavy (non-hydrogen) atoms. The van der Waals surface area contributed by atoms with E-state index in [1.807, 2.05) is 18.2 Å². The molecule has 0 aliphatic carbocycles. The molecule has 0 aliphatic heterocycles. The van der Waals surface area contributed by atoms with Crippen molar-refractivity contribution < 1.29 is 14.6 Å². The molecular formula is C16H14N2O3. The molecule has 0 atom stereocenters. The fourth-order valence-electron chi connectivity index (χ4n) is 1.74. The Balaban J connectivity index is 2.01. The second kappa shape index (κ2) is 6.44. The summed E-state index contributed by atoms with van der Waals surface area (Å²) in [7, 11) is 1.52. The zero-order valence-electron chi connectivity index (χ0n) is 11.5. The monoisotopic (exact) mass is 282 g/mol. The fraction of sp³-hybridized carbons (Fsp3) is 0.125. The quantitative estimate of drug-likeness (QED) is 0.932. The van der Waals surface area contributed by atoms with Crippen LogP contribution in [-0.4, -0.2) is 23.1 Å². The normalized spacial score (nSPS) is 9.71. The SMILES string of the molecule is CN(Cc1ccc(Oc2ccc(C#N)cc2)cc1)C(=O)O. The molecule has 2 aromatic rings. The first-order valence-corrected chi connectivity index (χ1v) is 6.29. The molecule has 1 N–H and O–H groups in total. The first-order chi connectivity index (χ1) is 10.1. The predicted molar refractivity (Wildman–Crippen MR) is 77.2 cm³/mol. The van der Waals surface area contributed by atoms with Gasteiger partial charge in [0.15, 0.2) is 0 Å². The van der Waals surface area contributed by atoms with E-state index in [4.69, 9.17) is 15.1 Å². The average Bonchev–Trinajstić information content (AvgIpc) is 2.50. The van der Waals surface area contributed by atoms with Gasteiger partial charge in [-0.3, -0.25) is 0 Å². The smallest absolute Gasteiger partial charge is 0.407 e. The van der Waals surface area contributed by atoms with Crippen molar-refractivity contribution in [2.24, 2.45) is 0 Å². The van der Waals surface area contributed by atoms with Crippen molar-refractivity contribution in [2.45, 2.75) is 6.54 Å². The van der Waals surface area contributed by atoms with Gasteiger partial charge in [0.1, 0.15) is 11.5 Å². The van der Waals surface area contributed by atoms with Crippen LogP contribution in [0.3, 0.4) is 0 Å². The number of ether oxygens (including phenoxy) is 1. The van der Waals surface area contributed by atoms with E-state index in [2.05, 4.69) is 0 Å². The summed E-state index contributed by atoms with van der Waals surface area (Å²) in [4.78, 5) is 11.9. The van der Waals surface area contributed by atoms with Crippen LogP contribution in [0, 0.1) is 11.3 Å². The van der Waals surface area contributed by atoms with E-state index in [9.17, 15) is 4.79 Å². The van der Waals surface area contributed by atoms with Crippen LogP contribution < -0.4 is 4.74 Å². The molecule has 0 heterocycles. The maximum absolute atomic E-state index is 10.7. The average molecular weight is 282 g/mol. The lowest BCUT2D eigenvalue weighted by molar-refractivity contribution is 0.154. The van der Waals surface area contributed by atoms with E-state index in [1.165, 1.54) is 11.9 Å². The zero-order chi connectivity index (χ0) is 15.2. The number of nitriles is 1. The number of rotatable bonds is 4. The van der Waals surface area contributed by atoms with Crippen LogP contribution in [0.1, 0.15) is 11.1 Å². The van der Waals surface area contributed by atoms with Crippen molar-refractivity contribution >= 4 is 6.09 Å². The number of hydrogen-bond acceptors (Lipinski definition) is 3. The lowest BCUT2D eigenvalue weighted by Crippen LogP contribution is -2.23. The molecule has 0 aromatic heterocycles. The molecule has 0 saturated heterocycles. The molecule has 2 rings (SSSR count). The van der Waals surface area contributed by atoms with Gasteiger partial charge >= 0.3 is 6.09 Å². The number of carboxylic acid groups (broad SMARTS) is 1. The second-order valence-corrected chi connectivity index (χ2v) is 4.52. The molecule has 0 saturated carbocycles. The van der Waals surface area contributed by atoms with E-state index in [0.717, 1.165) is 5.56 Å². The van der Waals surface area contributed by atoms with Gasteiger partial charge in [-0.05, 0) is 42.0 Å². The molecule has 5 nitrogen and oxygen atoms in total. The van der Waals surface area contributed by atoms with Gasteiger partial charge in [0.2, 0.25) is 0 Å². The predicted octanol–water partition coefficient (Wildman–Crippen LogP) is 3.46. The van der Waals surface area contributed by atoms with E-state index in [1.54, 1.807) is 36.4 Å². The number of benzene rings is 2. The Morgan fingerprint density at radius 2 is 1.67 bits per heavy atom. The van der Waals surface area contributed by atoms with E-state index in [0.29, 0.717) is 23.6 Å². The summed E-state index contributed by atoms with van der Waals surface area (Å²) in [6.07, 6.45) is -0.965. The molecule has 0 unspecified atom stereocenters. The first-order valence-electron chi connectivity index (χ1n) is 6.29. The van der Waals surface area contributed by atoms with Crippen molar-refractivity contribution in [3.63, 3.8) is 0 Å². The Hall–Kier alpha value is -3.00. The van der Waals surface area contributed by atoms with Gasteiger partial charge in [0, 0.05) is 13.6 Å². The molecule has 5 heteroatoms. The highest BCUT2D eigenvalue weighted by molar-refractivity contribution is 5.64. The molecule has 106 valence electrons. The first kappa shape index (κ1) is 14.4. The highest BCUT2D eigenvalue weighted by Gasteiger charge is 2.06. The minimum absolute atomic E-state index is 0.326. The van der Waals surface area contributed by atoms with Gasteiger partial charge in [-0.15, -0.1) is 0 Å². The third-order valence-corrected chi connectivity index (χ3v) is 2.89. The summed E-state index contributed by atoms with van der Waals surface area (Å²) < 4.78 is 5.65. The Morgan fingerprint density at radius 1 is 1.14 bits per heavy atom. The largest absolute Gasteiger partial charge is 0.465 e. The highest BCUT2D eigenvalue weighted by atomic mass is 16.5. The zero-order valence-corrected chi connectivity index (χ0v) is 11.5.